The van der Waals surface area contributed by atoms with E-state index >= 15 is 0 Å². The predicted molar refractivity (Wildman–Crippen MR) is 102 cm³/mol. The van der Waals surface area contributed by atoms with E-state index in [9.17, 15) is 14.9 Å². The van der Waals surface area contributed by atoms with E-state index in [0.717, 1.165) is 0 Å². The van der Waals surface area contributed by atoms with Crippen molar-refractivity contribution in [1.29, 1.82) is 0 Å². The van der Waals surface area contributed by atoms with Crippen LogP contribution in [0.2, 0.25) is 0 Å². The summed E-state index contributed by atoms with van der Waals surface area (Å²) in [5.41, 5.74) is 0.463. The standard InChI is InChI=1S/C20H18N2O6/c1-2-26-15-9-7-14(8-10-15)21-20(23)19-12-11-16(28-19)13-27-18-6-4-3-5-17(18)22(24)25/h3-12H,2,13H2,1H3,(H,21,23). The Hall–Kier alpha value is -3.81. The van der Waals surface area contributed by atoms with Gasteiger partial charge >= 0.3 is 5.69 Å². The highest BCUT2D eigenvalue weighted by atomic mass is 16.6. The molecule has 2 aromatic carbocycles. The van der Waals surface area contributed by atoms with Crippen LogP contribution in [0.15, 0.2) is 65.1 Å². The largest absolute Gasteiger partial charge is 0.494 e. The molecule has 0 aliphatic carbocycles. The summed E-state index contributed by atoms with van der Waals surface area (Å²) in [5.74, 6) is 0.906. The topological polar surface area (TPSA) is 104 Å². The summed E-state index contributed by atoms with van der Waals surface area (Å²) in [6, 6.07) is 16.1. The average Bonchev–Trinajstić information content (AvgIpc) is 3.17. The van der Waals surface area contributed by atoms with Crippen LogP contribution in [0.4, 0.5) is 11.4 Å². The van der Waals surface area contributed by atoms with Gasteiger partial charge < -0.3 is 19.2 Å². The second kappa shape index (κ2) is 8.72. The molecule has 0 fully saturated rings. The van der Waals surface area contributed by atoms with Crippen LogP contribution in [-0.2, 0) is 6.61 Å². The van der Waals surface area contributed by atoms with Crippen LogP contribution in [-0.4, -0.2) is 17.4 Å². The summed E-state index contributed by atoms with van der Waals surface area (Å²) in [6.45, 7) is 2.42. The summed E-state index contributed by atoms with van der Waals surface area (Å²) in [5, 5.41) is 13.7. The fourth-order valence-electron chi connectivity index (χ4n) is 2.45. The molecular weight excluding hydrogens is 364 g/mol. The number of para-hydroxylation sites is 2. The quantitative estimate of drug-likeness (QED) is 0.457. The van der Waals surface area contributed by atoms with Gasteiger partial charge in [0.25, 0.3) is 5.91 Å². The van der Waals surface area contributed by atoms with Crippen molar-refractivity contribution in [3.63, 3.8) is 0 Å². The Kier molecular flexibility index (Phi) is 5.91. The fourth-order valence-corrected chi connectivity index (χ4v) is 2.45. The monoisotopic (exact) mass is 382 g/mol. The normalized spacial score (nSPS) is 10.3. The van der Waals surface area contributed by atoms with Gasteiger partial charge in [0.2, 0.25) is 0 Å². The highest BCUT2D eigenvalue weighted by Crippen LogP contribution is 2.27. The number of furan rings is 1. The maximum absolute atomic E-state index is 12.3. The van der Waals surface area contributed by atoms with Crippen LogP contribution in [0.5, 0.6) is 11.5 Å². The van der Waals surface area contributed by atoms with E-state index in [1.54, 1.807) is 42.5 Å². The van der Waals surface area contributed by atoms with Crippen molar-refractivity contribution < 1.29 is 23.6 Å². The molecule has 1 heterocycles. The minimum Gasteiger partial charge on any atom is -0.494 e. The SMILES string of the molecule is CCOc1ccc(NC(=O)c2ccc(COc3ccccc3[N+](=O)[O-])o2)cc1. The van der Waals surface area contributed by atoms with Gasteiger partial charge in [-0.15, -0.1) is 0 Å². The summed E-state index contributed by atoms with van der Waals surface area (Å²) in [7, 11) is 0. The van der Waals surface area contributed by atoms with Crippen molar-refractivity contribution in [2.45, 2.75) is 13.5 Å². The van der Waals surface area contributed by atoms with Gasteiger partial charge in [0.05, 0.1) is 11.5 Å². The first-order valence-electron chi connectivity index (χ1n) is 8.56. The van der Waals surface area contributed by atoms with E-state index in [1.165, 1.54) is 18.2 Å². The van der Waals surface area contributed by atoms with Gasteiger partial charge in [0.1, 0.15) is 18.1 Å². The molecular formula is C20H18N2O6. The lowest BCUT2D eigenvalue weighted by Crippen LogP contribution is -2.10. The van der Waals surface area contributed by atoms with Gasteiger partial charge in [-0.3, -0.25) is 14.9 Å². The Balaban J connectivity index is 1.60. The molecule has 1 aromatic heterocycles. The van der Waals surface area contributed by atoms with Crippen molar-refractivity contribution in [3.8, 4) is 11.5 Å². The minimum atomic E-state index is -0.521. The molecule has 0 bridgehead atoms. The third kappa shape index (κ3) is 4.67. The molecule has 0 aliphatic rings. The number of nitrogens with one attached hydrogen (secondary N) is 1. The molecule has 0 saturated heterocycles. The number of nitro groups is 1. The van der Waals surface area contributed by atoms with E-state index in [0.29, 0.717) is 23.8 Å². The number of amides is 1. The third-order valence-corrected chi connectivity index (χ3v) is 3.74. The molecule has 1 N–H and O–H groups in total. The molecule has 8 heteroatoms. The van der Waals surface area contributed by atoms with Crippen molar-refractivity contribution in [3.05, 3.63) is 82.3 Å². The molecule has 28 heavy (non-hydrogen) atoms. The summed E-state index contributed by atoms with van der Waals surface area (Å²) in [4.78, 5) is 22.8. The number of nitro benzene ring substituents is 1. The van der Waals surface area contributed by atoms with E-state index in [4.69, 9.17) is 13.9 Å². The van der Waals surface area contributed by atoms with Crippen molar-refractivity contribution in [1.82, 2.24) is 0 Å². The van der Waals surface area contributed by atoms with E-state index in [-0.39, 0.29) is 23.8 Å². The molecule has 0 unspecified atom stereocenters. The summed E-state index contributed by atoms with van der Waals surface area (Å²) < 4.78 is 16.3. The Labute approximate surface area is 160 Å². The van der Waals surface area contributed by atoms with Crippen molar-refractivity contribution >= 4 is 17.3 Å². The lowest BCUT2D eigenvalue weighted by atomic mass is 10.3. The molecule has 0 saturated carbocycles. The zero-order chi connectivity index (χ0) is 19.9. The highest BCUT2D eigenvalue weighted by Gasteiger charge is 2.16. The Morgan fingerprint density at radius 2 is 1.82 bits per heavy atom. The van der Waals surface area contributed by atoms with E-state index < -0.39 is 10.8 Å². The lowest BCUT2D eigenvalue weighted by molar-refractivity contribution is -0.386. The number of carbonyl (C=O) groups excluding carboxylic acids is 1. The second-order valence-electron chi connectivity index (χ2n) is 5.69. The Morgan fingerprint density at radius 3 is 2.54 bits per heavy atom. The first-order chi connectivity index (χ1) is 13.6. The van der Waals surface area contributed by atoms with Gasteiger partial charge in [0.15, 0.2) is 11.5 Å². The molecule has 0 radical (unpaired) electrons. The van der Waals surface area contributed by atoms with Gasteiger partial charge in [-0.2, -0.15) is 0 Å². The smallest absolute Gasteiger partial charge is 0.310 e. The maximum Gasteiger partial charge on any atom is 0.310 e. The molecule has 1 amide bonds. The number of anilines is 1. The van der Waals surface area contributed by atoms with Gasteiger partial charge in [-0.1, -0.05) is 12.1 Å². The third-order valence-electron chi connectivity index (χ3n) is 3.74. The molecule has 0 aliphatic heterocycles. The van der Waals surface area contributed by atoms with Crippen LogP contribution in [0.25, 0.3) is 0 Å². The summed E-state index contributed by atoms with van der Waals surface area (Å²) in [6.07, 6.45) is 0. The van der Waals surface area contributed by atoms with Crippen molar-refractivity contribution in [2.24, 2.45) is 0 Å². The molecule has 3 aromatic rings. The molecule has 8 nitrogen and oxygen atoms in total. The maximum atomic E-state index is 12.3. The van der Waals surface area contributed by atoms with Crippen LogP contribution >= 0.6 is 0 Å². The highest BCUT2D eigenvalue weighted by molar-refractivity contribution is 6.02. The average molecular weight is 382 g/mol. The van der Waals surface area contributed by atoms with Crippen LogP contribution < -0.4 is 14.8 Å². The Morgan fingerprint density at radius 1 is 1.07 bits per heavy atom. The zero-order valence-corrected chi connectivity index (χ0v) is 15.1. The van der Waals surface area contributed by atoms with Crippen LogP contribution in [0.3, 0.4) is 0 Å². The Bertz CT molecular complexity index is 965. The first-order valence-corrected chi connectivity index (χ1v) is 8.56. The number of benzene rings is 2. The van der Waals surface area contributed by atoms with Gasteiger partial charge in [-0.25, -0.2) is 0 Å². The van der Waals surface area contributed by atoms with Gasteiger partial charge in [0, 0.05) is 11.8 Å². The summed E-state index contributed by atoms with van der Waals surface area (Å²) >= 11 is 0. The number of ether oxygens (including phenoxy) is 2. The van der Waals surface area contributed by atoms with Crippen LogP contribution in [0.1, 0.15) is 23.2 Å². The first kappa shape index (κ1) is 19.0. The van der Waals surface area contributed by atoms with Crippen molar-refractivity contribution in [2.75, 3.05) is 11.9 Å². The second-order valence-corrected chi connectivity index (χ2v) is 5.69. The number of hydrogen-bond donors (Lipinski definition) is 1. The molecule has 0 atom stereocenters. The van der Waals surface area contributed by atoms with E-state index in [2.05, 4.69) is 5.32 Å². The number of hydrogen-bond acceptors (Lipinski definition) is 6. The number of nitrogens with zero attached hydrogens (tertiary/aromatic N) is 1. The number of rotatable bonds is 8. The predicted octanol–water partition coefficient (Wildman–Crippen LogP) is 4.42. The lowest BCUT2D eigenvalue weighted by Gasteiger charge is -2.06. The molecule has 0 spiro atoms. The molecule has 3 rings (SSSR count). The van der Waals surface area contributed by atoms with Crippen LogP contribution in [0, 0.1) is 10.1 Å². The van der Waals surface area contributed by atoms with E-state index in [1.807, 2.05) is 6.92 Å². The van der Waals surface area contributed by atoms with Gasteiger partial charge in [-0.05, 0) is 49.4 Å². The molecule has 144 valence electrons. The number of carbonyl (C=O) groups is 1. The fraction of sp³-hybridized carbons (Fsp3) is 0.150. The zero-order valence-electron chi connectivity index (χ0n) is 15.1. The minimum absolute atomic E-state index is 0.0405.